The first-order chi connectivity index (χ1) is 11.2. The minimum absolute atomic E-state index is 0. The highest BCUT2D eigenvalue weighted by atomic mass is 35.5. The minimum Gasteiger partial charge on any atom is -0.387 e. The first-order valence-electron chi connectivity index (χ1n) is 8.57. The molecule has 7 heteroatoms. The lowest BCUT2D eigenvalue weighted by molar-refractivity contribution is -0.131. The highest BCUT2D eigenvalue weighted by molar-refractivity contribution is 7.10. The van der Waals surface area contributed by atoms with Crippen molar-refractivity contribution < 1.29 is 14.6 Å². The zero-order valence-electron chi connectivity index (χ0n) is 13.9. The number of carbonyl (C=O) groups excluding carboxylic acids is 1. The predicted molar refractivity (Wildman–Crippen MR) is 97.7 cm³/mol. The van der Waals surface area contributed by atoms with Gasteiger partial charge in [-0.3, -0.25) is 4.79 Å². The van der Waals surface area contributed by atoms with E-state index in [1.165, 1.54) is 0 Å². The van der Waals surface area contributed by atoms with Crippen LogP contribution in [-0.2, 0) is 9.53 Å². The summed E-state index contributed by atoms with van der Waals surface area (Å²) in [6, 6.07) is 4.07. The van der Waals surface area contributed by atoms with Crippen LogP contribution >= 0.6 is 23.7 Å². The molecule has 0 spiro atoms. The van der Waals surface area contributed by atoms with Crippen molar-refractivity contribution in [2.75, 3.05) is 26.2 Å². The first-order valence-corrected chi connectivity index (χ1v) is 9.45. The lowest BCUT2D eigenvalue weighted by Gasteiger charge is -2.26. The lowest BCUT2D eigenvalue weighted by Crippen LogP contribution is -2.43. The van der Waals surface area contributed by atoms with E-state index < -0.39 is 6.10 Å². The molecule has 24 heavy (non-hydrogen) atoms. The molecule has 0 saturated carbocycles. The number of ether oxygens (including phenoxy) is 1. The molecule has 2 saturated heterocycles. The van der Waals surface area contributed by atoms with Crippen molar-refractivity contribution in [3.05, 3.63) is 22.4 Å². The van der Waals surface area contributed by atoms with Gasteiger partial charge in [0, 0.05) is 30.6 Å². The predicted octanol–water partition coefficient (Wildman–Crippen LogP) is 2.35. The van der Waals surface area contributed by atoms with Crippen molar-refractivity contribution in [1.29, 1.82) is 0 Å². The van der Waals surface area contributed by atoms with Crippen molar-refractivity contribution in [2.24, 2.45) is 0 Å². The Kier molecular flexibility index (Phi) is 7.97. The van der Waals surface area contributed by atoms with Crippen LogP contribution in [0, 0.1) is 0 Å². The Hall–Kier alpha value is -0.660. The number of nitrogens with one attached hydrogen (secondary N) is 1. The Morgan fingerprint density at radius 1 is 1.46 bits per heavy atom. The van der Waals surface area contributed by atoms with Crippen molar-refractivity contribution >= 4 is 29.7 Å². The van der Waals surface area contributed by atoms with Crippen LogP contribution in [0.4, 0.5) is 0 Å². The minimum atomic E-state index is -0.465. The van der Waals surface area contributed by atoms with E-state index >= 15 is 0 Å². The maximum atomic E-state index is 12.4. The molecule has 1 aromatic heterocycles. The second-order valence-corrected chi connectivity index (χ2v) is 7.40. The van der Waals surface area contributed by atoms with E-state index in [2.05, 4.69) is 5.32 Å². The molecule has 0 bridgehead atoms. The van der Waals surface area contributed by atoms with Gasteiger partial charge >= 0.3 is 0 Å². The molecule has 136 valence electrons. The third kappa shape index (κ3) is 5.17. The first kappa shape index (κ1) is 19.7. The van der Waals surface area contributed by atoms with E-state index in [1.807, 2.05) is 22.4 Å². The van der Waals surface area contributed by atoms with E-state index in [9.17, 15) is 9.90 Å². The quantitative estimate of drug-likeness (QED) is 0.769. The van der Waals surface area contributed by atoms with Crippen LogP contribution in [0.2, 0.25) is 0 Å². The lowest BCUT2D eigenvalue weighted by atomic mass is 10.1. The highest BCUT2D eigenvalue weighted by Crippen LogP contribution is 2.29. The van der Waals surface area contributed by atoms with Gasteiger partial charge in [0.2, 0.25) is 5.91 Å². The Bertz CT molecular complexity index is 494. The molecule has 3 unspecified atom stereocenters. The van der Waals surface area contributed by atoms with E-state index in [-0.39, 0.29) is 30.5 Å². The molecule has 3 heterocycles. The Morgan fingerprint density at radius 2 is 2.33 bits per heavy atom. The summed E-state index contributed by atoms with van der Waals surface area (Å²) in [5, 5.41) is 15.5. The molecule has 3 atom stereocenters. The summed E-state index contributed by atoms with van der Waals surface area (Å²) in [6.07, 6.45) is 4.65. The van der Waals surface area contributed by atoms with Gasteiger partial charge in [-0.15, -0.1) is 23.7 Å². The molecule has 5 nitrogen and oxygen atoms in total. The Balaban J connectivity index is 0.00000208. The molecular weight excluding hydrogens is 348 g/mol. The maximum Gasteiger partial charge on any atom is 0.236 e. The summed E-state index contributed by atoms with van der Waals surface area (Å²) in [7, 11) is 0. The number of hydrogen-bond acceptors (Lipinski definition) is 5. The summed E-state index contributed by atoms with van der Waals surface area (Å²) in [5.41, 5.74) is 0. The molecule has 2 fully saturated rings. The molecule has 3 rings (SSSR count). The largest absolute Gasteiger partial charge is 0.387 e. The number of thiophene rings is 1. The molecule has 2 aliphatic heterocycles. The van der Waals surface area contributed by atoms with E-state index in [4.69, 9.17) is 4.74 Å². The molecule has 1 aromatic rings. The van der Waals surface area contributed by atoms with E-state index in [1.54, 1.807) is 11.3 Å². The summed E-state index contributed by atoms with van der Waals surface area (Å²) >= 11 is 1.57. The molecule has 0 aromatic carbocycles. The topological polar surface area (TPSA) is 61.8 Å². The van der Waals surface area contributed by atoms with Gasteiger partial charge in [0.15, 0.2) is 0 Å². The van der Waals surface area contributed by atoms with Crippen LogP contribution < -0.4 is 5.32 Å². The number of halogens is 1. The summed E-state index contributed by atoms with van der Waals surface area (Å²) in [6.45, 7) is 2.77. The number of aliphatic hydroxyl groups is 1. The molecule has 2 N–H and O–H groups in total. The zero-order valence-corrected chi connectivity index (χ0v) is 15.5. The van der Waals surface area contributed by atoms with Crippen LogP contribution in [0.3, 0.4) is 0 Å². The van der Waals surface area contributed by atoms with Crippen LogP contribution in [0.15, 0.2) is 17.5 Å². The van der Waals surface area contributed by atoms with Gasteiger partial charge in [-0.1, -0.05) is 6.07 Å². The van der Waals surface area contributed by atoms with Crippen molar-refractivity contribution in [3.63, 3.8) is 0 Å². The summed E-state index contributed by atoms with van der Waals surface area (Å²) in [5.74, 6) is 0.142. The van der Waals surface area contributed by atoms with Crippen molar-refractivity contribution in [3.8, 4) is 0 Å². The fourth-order valence-corrected chi connectivity index (χ4v) is 4.24. The number of aliphatic hydroxyl groups excluding tert-OH is 1. The average molecular weight is 375 g/mol. The maximum absolute atomic E-state index is 12.4. The number of amides is 1. The third-order valence-corrected chi connectivity index (χ3v) is 5.71. The fraction of sp³-hybridized carbons (Fsp3) is 0.706. The highest BCUT2D eigenvalue weighted by Gasteiger charge is 2.30. The molecular formula is C17H27ClN2O3S. The number of rotatable bonds is 7. The van der Waals surface area contributed by atoms with Crippen LogP contribution in [0.5, 0.6) is 0 Å². The van der Waals surface area contributed by atoms with Gasteiger partial charge in [-0.25, -0.2) is 0 Å². The summed E-state index contributed by atoms with van der Waals surface area (Å²) < 4.78 is 5.56. The molecule has 0 radical (unpaired) electrons. The number of nitrogens with zero attached hydrogens (tertiary/aromatic N) is 1. The van der Waals surface area contributed by atoms with Crippen LogP contribution in [0.1, 0.15) is 43.1 Å². The van der Waals surface area contributed by atoms with E-state index in [0.717, 1.165) is 50.3 Å². The normalized spacial score (nSPS) is 24.8. The van der Waals surface area contributed by atoms with Gasteiger partial charge in [0.05, 0.1) is 18.8 Å². The number of hydrogen-bond donors (Lipinski definition) is 2. The smallest absolute Gasteiger partial charge is 0.236 e. The standard InChI is InChI=1S/C17H26N2O3S.ClH/c20-15(16-6-3-9-23-16)10-13-4-1-7-19(13)17(21)12-18-11-14-5-2-8-22-14;/h3,6,9,13-15,18,20H,1-2,4-5,7-8,10-12H2;1H. The van der Waals surface area contributed by atoms with Crippen LogP contribution in [-0.4, -0.2) is 54.3 Å². The van der Waals surface area contributed by atoms with Gasteiger partial charge in [0.1, 0.15) is 0 Å². The van der Waals surface area contributed by atoms with E-state index in [0.29, 0.717) is 13.0 Å². The van der Waals surface area contributed by atoms with Gasteiger partial charge < -0.3 is 20.1 Å². The van der Waals surface area contributed by atoms with Crippen molar-refractivity contribution in [2.45, 2.75) is 50.4 Å². The SMILES string of the molecule is Cl.O=C(CNCC1CCCO1)N1CCCC1CC(O)c1cccs1. The second-order valence-electron chi connectivity index (χ2n) is 6.42. The van der Waals surface area contributed by atoms with Gasteiger partial charge in [-0.05, 0) is 43.6 Å². The second kappa shape index (κ2) is 9.73. The third-order valence-electron chi connectivity index (χ3n) is 4.74. The average Bonchev–Trinajstić information content (AvgIpc) is 3.29. The number of likely N-dealkylation sites (tertiary alicyclic amines) is 1. The monoisotopic (exact) mass is 374 g/mol. The molecule has 1 amide bonds. The Morgan fingerprint density at radius 3 is 3.04 bits per heavy atom. The zero-order chi connectivity index (χ0) is 16.1. The summed E-state index contributed by atoms with van der Waals surface area (Å²) in [4.78, 5) is 15.4. The molecule has 0 aliphatic carbocycles. The van der Waals surface area contributed by atoms with Crippen LogP contribution in [0.25, 0.3) is 0 Å². The molecule has 2 aliphatic rings. The van der Waals surface area contributed by atoms with Gasteiger partial charge in [0.25, 0.3) is 0 Å². The fourth-order valence-electron chi connectivity index (χ4n) is 3.51. The number of carbonyl (C=O) groups is 1. The Labute approximate surface area is 153 Å². The van der Waals surface area contributed by atoms with Crippen molar-refractivity contribution in [1.82, 2.24) is 10.2 Å². The van der Waals surface area contributed by atoms with Gasteiger partial charge in [-0.2, -0.15) is 0 Å².